The Kier molecular flexibility index (Phi) is 5.49. The van der Waals surface area contributed by atoms with Gasteiger partial charge in [-0.3, -0.25) is 4.79 Å². The summed E-state index contributed by atoms with van der Waals surface area (Å²) >= 11 is 3.43. The molecule has 0 spiro atoms. The van der Waals surface area contributed by atoms with Crippen LogP contribution in [-0.2, 0) is 4.79 Å². The van der Waals surface area contributed by atoms with E-state index in [1.807, 2.05) is 12.1 Å². The summed E-state index contributed by atoms with van der Waals surface area (Å²) < 4.78 is 1.06. The van der Waals surface area contributed by atoms with Crippen molar-refractivity contribution in [3.8, 4) is 0 Å². The Balaban J connectivity index is 2.35. The van der Waals surface area contributed by atoms with Gasteiger partial charge in [0.15, 0.2) is 0 Å². The molecule has 1 unspecified atom stereocenters. The van der Waals surface area contributed by atoms with Crippen molar-refractivity contribution in [2.75, 3.05) is 6.54 Å². The highest BCUT2D eigenvalue weighted by molar-refractivity contribution is 9.10. The van der Waals surface area contributed by atoms with E-state index in [9.17, 15) is 4.79 Å². The third kappa shape index (κ3) is 4.77. The Morgan fingerprint density at radius 3 is 2.94 bits per heavy atom. The van der Waals surface area contributed by atoms with E-state index in [0.717, 1.165) is 11.0 Å². The number of carboxylic acid groups (broad SMARTS) is 1. The zero-order chi connectivity index (χ0) is 12.0. The normalized spacial score (nSPS) is 12.4. The minimum absolute atomic E-state index is 0.220. The average molecular weight is 286 g/mol. The van der Waals surface area contributed by atoms with Gasteiger partial charge in [-0.15, -0.1) is 0 Å². The van der Waals surface area contributed by atoms with Gasteiger partial charge in [0.05, 0.1) is 0 Å². The SMILES string of the molecule is CC(NCCCC(=O)O)c1cccc(Br)c1. The molecule has 0 aliphatic rings. The Labute approximate surface area is 104 Å². The van der Waals surface area contributed by atoms with E-state index in [0.29, 0.717) is 6.42 Å². The molecule has 88 valence electrons. The standard InChI is InChI=1S/C12H16BrNO2/c1-9(14-7-3-6-12(15)16)10-4-2-5-11(13)8-10/h2,4-5,8-9,14H,3,6-7H2,1H3,(H,15,16). The third-order valence-electron chi connectivity index (χ3n) is 2.37. The molecule has 0 aromatic heterocycles. The van der Waals surface area contributed by atoms with Crippen molar-refractivity contribution >= 4 is 21.9 Å². The molecule has 0 aliphatic heterocycles. The fourth-order valence-electron chi connectivity index (χ4n) is 1.45. The molecule has 1 aromatic carbocycles. The molecule has 1 atom stereocenters. The third-order valence-corrected chi connectivity index (χ3v) is 2.86. The van der Waals surface area contributed by atoms with Crippen LogP contribution in [0.5, 0.6) is 0 Å². The van der Waals surface area contributed by atoms with E-state index < -0.39 is 5.97 Å². The molecule has 16 heavy (non-hydrogen) atoms. The number of aliphatic carboxylic acids is 1. The van der Waals surface area contributed by atoms with Gasteiger partial charge >= 0.3 is 5.97 Å². The Morgan fingerprint density at radius 2 is 2.31 bits per heavy atom. The van der Waals surface area contributed by atoms with Crippen LogP contribution in [0.15, 0.2) is 28.7 Å². The minimum atomic E-state index is -0.739. The van der Waals surface area contributed by atoms with Gasteiger partial charge in [0, 0.05) is 16.9 Å². The molecule has 1 aromatic rings. The van der Waals surface area contributed by atoms with Gasteiger partial charge in [-0.2, -0.15) is 0 Å². The maximum absolute atomic E-state index is 10.3. The first kappa shape index (κ1) is 13.2. The summed E-state index contributed by atoms with van der Waals surface area (Å²) in [4.78, 5) is 10.3. The molecular weight excluding hydrogens is 270 g/mol. The lowest BCUT2D eigenvalue weighted by Gasteiger charge is -2.14. The van der Waals surface area contributed by atoms with E-state index in [-0.39, 0.29) is 12.5 Å². The van der Waals surface area contributed by atoms with Crippen molar-refractivity contribution in [2.24, 2.45) is 0 Å². The number of hydrogen-bond acceptors (Lipinski definition) is 2. The predicted octanol–water partition coefficient (Wildman–Crippen LogP) is 2.96. The van der Waals surface area contributed by atoms with Crippen LogP contribution in [-0.4, -0.2) is 17.6 Å². The zero-order valence-corrected chi connectivity index (χ0v) is 10.8. The first-order valence-electron chi connectivity index (χ1n) is 5.30. The van der Waals surface area contributed by atoms with E-state index in [1.165, 1.54) is 5.56 Å². The number of hydrogen-bond donors (Lipinski definition) is 2. The number of benzene rings is 1. The molecule has 3 nitrogen and oxygen atoms in total. The van der Waals surface area contributed by atoms with Crippen molar-refractivity contribution < 1.29 is 9.90 Å². The smallest absolute Gasteiger partial charge is 0.303 e. The summed E-state index contributed by atoms with van der Waals surface area (Å²) in [6.07, 6.45) is 0.881. The monoisotopic (exact) mass is 285 g/mol. The molecule has 0 fully saturated rings. The van der Waals surface area contributed by atoms with Gasteiger partial charge in [-0.05, 0) is 37.6 Å². The quantitative estimate of drug-likeness (QED) is 0.790. The van der Waals surface area contributed by atoms with Crippen molar-refractivity contribution in [1.82, 2.24) is 5.32 Å². The summed E-state index contributed by atoms with van der Waals surface area (Å²) in [5.74, 6) is -0.739. The maximum atomic E-state index is 10.3. The van der Waals surface area contributed by atoms with E-state index >= 15 is 0 Å². The zero-order valence-electron chi connectivity index (χ0n) is 9.24. The fourth-order valence-corrected chi connectivity index (χ4v) is 1.87. The van der Waals surface area contributed by atoms with Crippen LogP contribution in [0, 0.1) is 0 Å². The van der Waals surface area contributed by atoms with E-state index in [4.69, 9.17) is 5.11 Å². The number of carbonyl (C=O) groups is 1. The second kappa shape index (κ2) is 6.66. The van der Waals surface area contributed by atoms with Crippen molar-refractivity contribution in [2.45, 2.75) is 25.8 Å². The van der Waals surface area contributed by atoms with Gasteiger partial charge in [-0.25, -0.2) is 0 Å². The minimum Gasteiger partial charge on any atom is -0.481 e. The van der Waals surface area contributed by atoms with Crippen LogP contribution < -0.4 is 5.32 Å². The van der Waals surface area contributed by atoms with E-state index in [1.54, 1.807) is 0 Å². The lowest BCUT2D eigenvalue weighted by atomic mass is 10.1. The van der Waals surface area contributed by atoms with Crippen LogP contribution in [0.3, 0.4) is 0 Å². The fraction of sp³-hybridized carbons (Fsp3) is 0.417. The van der Waals surface area contributed by atoms with Crippen molar-refractivity contribution in [3.05, 3.63) is 34.3 Å². The number of carboxylic acids is 1. The highest BCUT2D eigenvalue weighted by Gasteiger charge is 2.04. The lowest BCUT2D eigenvalue weighted by molar-refractivity contribution is -0.137. The summed E-state index contributed by atoms with van der Waals surface area (Å²) in [6, 6.07) is 8.34. The van der Waals surface area contributed by atoms with Crippen molar-refractivity contribution in [3.63, 3.8) is 0 Å². The molecule has 0 amide bonds. The molecule has 0 saturated carbocycles. The lowest BCUT2D eigenvalue weighted by Crippen LogP contribution is -2.20. The van der Waals surface area contributed by atoms with Crippen LogP contribution in [0.25, 0.3) is 0 Å². The topological polar surface area (TPSA) is 49.3 Å². The van der Waals surface area contributed by atoms with Crippen LogP contribution in [0.2, 0.25) is 0 Å². The van der Waals surface area contributed by atoms with Gasteiger partial charge in [0.2, 0.25) is 0 Å². The maximum Gasteiger partial charge on any atom is 0.303 e. The largest absolute Gasteiger partial charge is 0.481 e. The summed E-state index contributed by atoms with van der Waals surface area (Å²) in [6.45, 7) is 2.79. The Bertz CT molecular complexity index is 355. The van der Waals surface area contributed by atoms with Gasteiger partial charge in [0.25, 0.3) is 0 Å². The first-order valence-corrected chi connectivity index (χ1v) is 6.09. The van der Waals surface area contributed by atoms with Crippen molar-refractivity contribution in [1.29, 1.82) is 0 Å². The van der Waals surface area contributed by atoms with Gasteiger partial charge in [-0.1, -0.05) is 28.1 Å². The molecule has 0 radical (unpaired) electrons. The molecule has 2 N–H and O–H groups in total. The molecule has 0 saturated heterocycles. The summed E-state index contributed by atoms with van der Waals surface area (Å²) in [5, 5.41) is 11.8. The molecule has 0 aliphatic carbocycles. The molecule has 1 rings (SSSR count). The first-order chi connectivity index (χ1) is 7.59. The molecule has 0 heterocycles. The predicted molar refractivity (Wildman–Crippen MR) is 67.4 cm³/mol. The van der Waals surface area contributed by atoms with Gasteiger partial charge in [0.1, 0.15) is 0 Å². The highest BCUT2D eigenvalue weighted by Crippen LogP contribution is 2.17. The highest BCUT2D eigenvalue weighted by atomic mass is 79.9. The summed E-state index contributed by atoms with van der Waals surface area (Å²) in [7, 11) is 0. The number of rotatable bonds is 6. The molecular formula is C12H16BrNO2. The summed E-state index contributed by atoms with van der Waals surface area (Å²) in [5.41, 5.74) is 1.20. The number of nitrogens with one attached hydrogen (secondary N) is 1. The van der Waals surface area contributed by atoms with Crippen LogP contribution in [0.4, 0.5) is 0 Å². The van der Waals surface area contributed by atoms with Crippen LogP contribution in [0.1, 0.15) is 31.4 Å². The molecule has 4 heteroatoms. The van der Waals surface area contributed by atoms with E-state index in [2.05, 4.69) is 40.3 Å². The van der Waals surface area contributed by atoms with Crippen LogP contribution >= 0.6 is 15.9 Å². The Morgan fingerprint density at radius 1 is 1.56 bits per heavy atom. The number of halogens is 1. The second-order valence-electron chi connectivity index (χ2n) is 3.73. The van der Waals surface area contributed by atoms with Gasteiger partial charge < -0.3 is 10.4 Å². The molecule has 0 bridgehead atoms. The average Bonchev–Trinajstić information content (AvgIpc) is 2.24. The second-order valence-corrected chi connectivity index (χ2v) is 4.64. The Hall–Kier alpha value is -0.870.